The van der Waals surface area contributed by atoms with E-state index in [1.165, 1.54) is 22.8 Å². The number of oxazole rings is 1. The zero-order valence-electron chi connectivity index (χ0n) is 17.6. The summed E-state index contributed by atoms with van der Waals surface area (Å²) in [5, 5.41) is 1.90. The van der Waals surface area contributed by atoms with Crippen LogP contribution in [0.3, 0.4) is 0 Å². The molecule has 33 heavy (non-hydrogen) atoms. The molecule has 10 nitrogen and oxygen atoms in total. The van der Waals surface area contributed by atoms with Crippen LogP contribution in [0.2, 0.25) is 0 Å². The highest BCUT2D eigenvalue weighted by Gasteiger charge is 2.25. The number of anilines is 2. The highest BCUT2D eigenvalue weighted by Crippen LogP contribution is 2.37. The number of amides is 1. The Labute approximate surface area is 192 Å². The lowest BCUT2D eigenvalue weighted by Crippen LogP contribution is -2.38. The van der Waals surface area contributed by atoms with Gasteiger partial charge in [-0.1, -0.05) is 0 Å². The molecule has 1 aliphatic heterocycles. The number of benzene rings is 2. The Morgan fingerprint density at radius 2 is 2.00 bits per heavy atom. The van der Waals surface area contributed by atoms with Crippen LogP contribution in [-0.4, -0.2) is 37.0 Å². The molecule has 0 fully saturated rings. The second-order valence-corrected chi connectivity index (χ2v) is 9.85. The first-order chi connectivity index (χ1) is 15.8. The molecular formula is C21H18N4O6S2. The molecule has 0 atom stereocenters. The zero-order valence-corrected chi connectivity index (χ0v) is 19.2. The molecule has 3 heterocycles. The van der Waals surface area contributed by atoms with Crippen molar-refractivity contribution < 1.29 is 22.4 Å². The number of hydrogen-bond donors (Lipinski definition) is 1. The van der Waals surface area contributed by atoms with Gasteiger partial charge in [0.25, 0.3) is 15.9 Å². The highest BCUT2D eigenvalue weighted by molar-refractivity contribution is 7.93. The Balaban J connectivity index is 1.43. The molecule has 0 bridgehead atoms. The summed E-state index contributed by atoms with van der Waals surface area (Å²) in [6, 6.07) is 9.58. The van der Waals surface area contributed by atoms with E-state index in [1.807, 2.05) is 6.92 Å². The molecule has 0 aliphatic carbocycles. The predicted molar refractivity (Wildman–Crippen MR) is 123 cm³/mol. The minimum absolute atomic E-state index is 0.000989. The topological polar surface area (TPSA) is 124 Å². The van der Waals surface area contributed by atoms with Crippen LogP contribution in [0.15, 0.2) is 55.9 Å². The Bertz CT molecular complexity index is 1570. The first-order valence-corrected chi connectivity index (χ1v) is 12.3. The fourth-order valence-electron chi connectivity index (χ4n) is 3.62. The summed E-state index contributed by atoms with van der Waals surface area (Å²) in [5.74, 6) is -0.0877. The van der Waals surface area contributed by atoms with Crippen LogP contribution in [0, 0.1) is 0 Å². The molecule has 0 saturated heterocycles. The number of carbonyl (C=O) groups is 1. The van der Waals surface area contributed by atoms with Crippen molar-refractivity contribution in [1.29, 1.82) is 0 Å². The van der Waals surface area contributed by atoms with Crippen molar-refractivity contribution in [3.05, 3.63) is 52.3 Å². The molecule has 170 valence electrons. The number of aromatic nitrogens is 2. The lowest BCUT2D eigenvalue weighted by molar-refractivity contribution is -0.121. The van der Waals surface area contributed by atoms with Gasteiger partial charge in [-0.15, -0.1) is 11.3 Å². The van der Waals surface area contributed by atoms with Crippen LogP contribution in [0.5, 0.6) is 5.75 Å². The number of sulfonamides is 1. The molecular weight excluding hydrogens is 468 g/mol. The maximum Gasteiger partial charge on any atom is 0.419 e. The third-order valence-electron chi connectivity index (χ3n) is 5.31. The number of likely N-dealkylation sites (N-methyl/N-ethyl adjacent to an activating group) is 1. The summed E-state index contributed by atoms with van der Waals surface area (Å²) in [5.41, 5.74) is 2.60. The largest absolute Gasteiger partial charge is 0.482 e. The van der Waals surface area contributed by atoms with E-state index < -0.39 is 15.8 Å². The van der Waals surface area contributed by atoms with Crippen LogP contribution < -0.4 is 20.1 Å². The maximum atomic E-state index is 12.9. The number of thiazole rings is 1. The van der Waals surface area contributed by atoms with Gasteiger partial charge >= 0.3 is 5.76 Å². The number of aryl methyl sites for hydroxylation is 1. The van der Waals surface area contributed by atoms with E-state index >= 15 is 0 Å². The number of nitrogens with one attached hydrogen (secondary N) is 1. The minimum atomic E-state index is -3.96. The molecule has 1 amide bonds. The van der Waals surface area contributed by atoms with E-state index in [0.29, 0.717) is 29.2 Å². The van der Waals surface area contributed by atoms with Gasteiger partial charge in [0.05, 0.1) is 21.8 Å². The Kier molecular flexibility index (Phi) is 4.98. The quantitative estimate of drug-likeness (QED) is 0.460. The van der Waals surface area contributed by atoms with Crippen molar-refractivity contribution in [2.45, 2.75) is 11.8 Å². The lowest BCUT2D eigenvalue weighted by atomic mass is 10.1. The monoisotopic (exact) mass is 486 g/mol. The fourth-order valence-corrected chi connectivity index (χ4v) is 5.60. The van der Waals surface area contributed by atoms with Gasteiger partial charge in [-0.05, 0) is 37.3 Å². The average molecular weight is 487 g/mol. The molecule has 0 spiro atoms. The summed E-state index contributed by atoms with van der Waals surface area (Å²) >= 11 is 1.13. The first-order valence-electron chi connectivity index (χ1n) is 9.92. The smallest absolute Gasteiger partial charge is 0.419 e. The molecule has 1 N–H and O–H groups in total. The molecule has 4 aromatic rings. The predicted octanol–water partition coefficient (Wildman–Crippen LogP) is 2.80. The number of nitrogens with zero attached hydrogens (tertiary/aromatic N) is 3. The van der Waals surface area contributed by atoms with Gasteiger partial charge in [0.2, 0.25) is 0 Å². The van der Waals surface area contributed by atoms with Crippen molar-refractivity contribution in [3.8, 4) is 17.0 Å². The number of fused-ring (bicyclic) bond motifs is 2. The number of hydrogen-bond acceptors (Lipinski definition) is 8. The van der Waals surface area contributed by atoms with Crippen molar-refractivity contribution in [2.24, 2.45) is 7.05 Å². The molecule has 0 unspecified atom stereocenters. The van der Waals surface area contributed by atoms with Gasteiger partial charge in [0.15, 0.2) is 17.3 Å². The minimum Gasteiger partial charge on any atom is -0.482 e. The molecule has 12 heteroatoms. The Morgan fingerprint density at radius 1 is 1.18 bits per heavy atom. The number of carbonyl (C=O) groups excluding carboxylic acids is 1. The van der Waals surface area contributed by atoms with Gasteiger partial charge in [-0.2, -0.15) is 0 Å². The Hall–Kier alpha value is -3.64. The third-order valence-corrected chi connectivity index (χ3v) is 7.54. The molecule has 5 rings (SSSR count). The Morgan fingerprint density at radius 3 is 2.79 bits per heavy atom. The highest BCUT2D eigenvalue weighted by atomic mass is 32.2. The first kappa shape index (κ1) is 21.2. The third kappa shape index (κ3) is 3.66. The SMILES string of the molecule is CCN1C(=O)COc2ccc(-c3csc(NS(=O)(=O)c4ccc5c(c4)oc(=O)n5C)n3)cc21. The summed E-state index contributed by atoms with van der Waals surface area (Å²) in [7, 11) is -2.42. The molecule has 2 aromatic heterocycles. The van der Waals surface area contributed by atoms with Crippen LogP contribution in [0.25, 0.3) is 22.4 Å². The van der Waals surface area contributed by atoms with Crippen molar-refractivity contribution >= 4 is 49.2 Å². The van der Waals surface area contributed by atoms with Gasteiger partial charge in [0, 0.05) is 30.6 Å². The van der Waals surface area contributed by atoms with Gasteiger partial charge in [0.1, 0.15) is 5.75 Å². The second kappa shape index (κ2) is 7.74. The molecule has 0 saturated carbocycles. The molecule has 0 radical (unpaired) electrons. The lowest BCUT2D eigenvalue weighted by Gasteiger charge is -2.28. The normalized spacial score (nSPS) is 13.8. The van der Waals surface area contributed by atoms with Crippen molar-refractivity contribution in [3.63, 3.8) is 0 Å². The van der Waals surface area contributed by atoms with Gasteiger partial charge in [-0.3, -0.25) is 14.1 Å². The average Bonchev–Trinajstić information content (AvgIpc) is 3.36. The van der Waals surface area contributed by atoms with Gasteiger partial charge in [-0.25, -0.2) is 18.2 Å². The standard InChI is InChI=1S/C21H18N4O6S2/c1-3-25-16-8-12(4-7-17(16)30-10-19(25)26)14-11-32-20(22-14)23-33(28,29)13-5-6-15-18(9-13)31-21(27)24(15)2/h4-9,11H,3,10H2,1-2H3,(H,22,23). The van der Waals surface area contributed by atoms with Crippen LogP contribution in [0.4, 0.5) is 10.8 Å². The van der Waals surface area contributed by atoms with Crippen molar-refractivity contribution in [2.75, 3.05) is 22.8 Å². The van der Waals surface area contributed by atoms with E-state index in [0.717, 1.165) is 16.9 Å². The molecule has 1 aliphatic rings. The van der Waals surface area contributed by atoms with Gasteiger partial charge < -0.3 is 14.1 Å². The van der Waals surface area contributed by atoms with E-state index in [-0.39, 0.29) is 28.1 Å². The summed E-state index contributed by atoms with van der Waals surface area (Å²) in [6.07, 6.45) is 0. The summed E-state index contributed by atoms with van der Waals surface area (Å²) < 4.78 is 40.1. The maximum absolute atomic E-state index is 12.9. The van der Waals surface area contributed by atoms with Crippen molar-refractivity contribution in [1.82, 2.24) is 9.55 Å². The van der Waals surface area contributed by atoms with E-state index in [9.17, 15) is 18.0 Å². The number of ether oxygens (including phenoxy) is 1. The van der Waals surface area contributed by atoms with Crippen LogP contribution in [-0.2, 0) is 21.9 Å². The van der Waals surface area contributed by atoms with E-state index in [4.69, 9.17) is 9.15 Å². The second-order valence-electron chi connectivity index (χ2n) is 7.31. The summed E-state index contributed by atoms with van der Waals surface area (Å²) in [6.45, 7) is 2.39. The van der Waals surface area contributed by atoms with Crippen LogP contribution in [0.1, 0.15) is 6.92 Å². The summed E-state index contributed by atoms with van der Waals surface area (Å²) in [4.78, 5) is 29.8. The number of rotatable bonds is 5. The van der Waals surface area contributed by atoms with E-state index in [1.54, 1.807) is 35.5 Å². The van der Waals surface area contributed by atoms with E-state index in [2.05, 4.69) is 9.71 Å². The molecule has 2 aromatic carbocycles. The fraction of sp³-hybridized carbons (Fsp3) is 0.190. The zero-order chi connectivity index (χ0) is 23.3. The van der Waals surface area contributed by atoms with Crippen LogP contribution >= 0.6 is 11.3 Å².